The van der Waals surface area contributed by atoms with Gasteiger partial charge in [0.15, 0.2) is 5.84 Å². The summed E-state index contributed by atoms with van der Waals surface area (Å²) in [4.78, 5) is 0. The number of nitrogens with zero attached hydrogens (tertiary/aromatic N) is 4. The van der Waals surface area contributed by atoms with Gasteiger partial charge in [0.25, 0.3) is 0 Å². The number of aryl methyl sites for hydroxylation is 1. The number of aromatic nitrogens is 2. The van der Waals surface area contributed by atoms with Crippen molar-refractivity contribution >= 4 is 5.84 Å². The van der Waals surface area contributed by atoms with Gasteiger partial charge < -0.3 is 0 Å². The van der Waals surface area contributed by atoms with Gasteiger partial charge in [0.05, 0.1) is 11.8 Å². The van der Waals surface area contributed by atoms with Crippen LogP contribution >= 0.6 is 0 Å². The van der Waals surface area contributed by atoms with Crippen LogP contribution < -0.4 is 11.1 Å². The summed E-state index contributed by atoms with van der Waals surface area (Å²) < 4.78 is 1.87. The highest BCUT2D eigenvalue weighted by Crippen LogP contribution is 2.03. The lowest BCUT2D eigenvalue weighted by atomic mass is 10.3. The van der Waals surface area contributed by atoms with Crippen molar-refractivity contribution in [3.63, 3.8) is 0 Å². The lowest BCUT2D eigenvalue weighted by molar-refractivity contribution is 0.349. The molecule has 6 nitrogen and oxygen atoms in total. The number of rotatable bonds is 2. The third-order valence-corrected chi connectivity index (χ3v) is 1.91. The molecule has 0 saturated carbocycles. The molecule has 70 valence electrons. The first-order valence-corrected chi connectivity index (χ1v) is 4.16. The van der Waals surface area contributed by atoms with Crippen LogP contribution in [-0.2, 0) is 6.54 Å². The summed E-state index contributed by atoms with van der Waals surface area (Å²) in [6.45, 7) is 2.92. The van der Waals surface area contributed by atoms with Gasteiger partial charge in [-0.2, -0.15) is 5.10 Å². The Morgan fingerprint density at radius 3 is 2.92 bits per heavy atom. The van der Waals surface area contributed by atoms with Crippen molar-refractivity contribution in [1.82, 2.24) is 25.9 Å². The quantitative estimate of drug-likeness (QED) is 0.645. The van der Waals surface area contributed by atoms with E-state index < -0.39 is 0 Å². The van der Waals surface area contributed by atoms with Crippen molar-refractivity contribution in [2.24, 2.45) is 5.10 Å². The molecule has 2 rings (SSSR count). The van der Waals surface area contributed by atoms with Gasteiger partial charge in [0.2, 0.25) is 0 Å². The zero-order valence-electron chi connectivity index (χ0n) is 7.65. The number of hydrogen-bond acceptors (Lipinski definition) is 5. The fourth-order valence-corrected chi connectivity index (χ4v) is 1.19. The van der Waals surface area contributed by atoms with E-state index in [0.717, 1.165) is 17.9 Å². The van der Waals surface area contributed by atoms with Gasteiger partial charge >= 0.3 is 0 Å². The van der Waals surface area contributed by atoms with Crippen LogP contribution in [0.3, 0.4) is 0 Å². The van der Waals surface area contributed by atoms with E-state index in [0.29, 0.717) is 0 Å². The highest BCUT2D eigenvalue weighted by molar-refractivity contribution is 5.98. The van der Waals surface area contributed by atoms with E-state index in [1.807, 2.05) is 24.9 Å². The van der Waals surface area contributed by atoms with Crippen LogP contribution in [0, 0.1) is 0 Å². The molecule has 2 N–H and O–H groups in total. The van der Waals surface area contributed by atoms with Crippen molar-refractivity contribution in [1.29, 1.82) is 0 Å². The van der Waals surface area contributed by atoms with Crippen LogP contribution in [-0.4, -0.2) is 27.7 Å². The zero-order chi connectivity index (χ0) is 9.26. The van der Waals surface area contributed by atoms with E-state index in [-0.39, 0.29) is 0 Å². The van der Waals surface area contributed by atoms with E-state index in [9.17, 15) is 0 Å². The number of hydrogen-bond donors (Lipinski definition) is 2. The minimum absolute atomic E-state index is 0.847. The topological polar surface area (TPSA) is 57.5 Å². The smallest absolute Gasteiger partial charge is 0.175 e. The summed E-state index contributed by atoms with van der Waals surface area (Å²) in [5, 5.41) is 10.0. The Morgan fingerprint density at radius 1 is 1.54 bits per heavy atom. The molecule has 6 heteroatoms. The molecule has 0 fully saturated rings. The summed E-state index contributed by atoms with van der Waals surface area (Å²) in [6, 6.07) is 0. The summed E-state index contributed by atoms with van der Waals surface area (Å²) in [7, 11) is 1.89. The standard InChI is InChI=1S/C7H12N6/c1-3-13-5-6(4-8-13)7-9-10-11-12(7)2/h4-5,10-11H,3H2,1-2H3. The summed E-state index contributed by atoms with van der Waals surface area (Å²) in [6.07, 6.45) is 3.76. The molecule has 0 aromatic carbocycles. The van der Waals surface area contributed by atoms with Crippen LogP contribution in [0.4, 0.5) is 0 Å². The molecule has 0 saturated heterocycles. The molecular weight excluding hydrogens is 168 g/mol. The van der Waals surface area contributed by atoms with Gasteiger partial charge in [0, 0.05) is 19.8 Å². The van der Waals surface area contributed by atoms with Gasteiger partial charge in [-0.15, -0.1) is 10.6 Å². The van der Waals surface area contributed by atoms with E-state index in [1.165, 1.54) is 0 Å². The Bertz CT molecular complexity index is 327. The average molecular weight is 180 g/mol. The van der Waals surface area contributed by atoms with Crippen molar-refractivity contribution in [2.75, 3.05) is 7.05 Å². The molecule has 0 aliphatic carbocycles. The normalized spacial score (nSPS) is 15.8. The molecule has 0 atom stereocenters. The van der Waals surface area contributed by atoms with E-state index >= 15 is 0 Å². The highest BCUT2D eigenvalue weighted by atomic mass is 15.8. The molecular formula is C7H12N6. The molecule has 1 aromatic heterocycles. The van der Waals surface area contributed by atoms with E-state index in [1.54, 1.807) is 11.2 Å². The second-order valence-electron chi connectivity index (χ2n) is 2.80. The molecule has 2 heterocycles. The Kier molecular flexibility index (Phi) is 1.90. The maximum absolute atomic E-state index is 4.17. The Balaban J connectivity index is 2.25. The van der Waals surface area contributed by atoms with E-state index in [2.05, 4.69) is 21.3 Å². The van der Waals surface area contributed by atoms with Crippen molar-refractivity contribution in [3.8, 4) is 0 Å². The molecule has 0 spiro atoms. The highest BCUT2D eigenvalue weighted by Gasteiger charge is 2.15. The Hall–Kier alpha value is -1.56. The maximum Gasteiger partial charge on any atom is 0.175 e. The lowest BCUT2D eigenvalue weighted by Crippen LogP contribution is -2.37. The minimum atomic E-state index is 0.847. The molecule has 0 bridgehead atoms. The van der Waals surface area contributed by atoms with Crippen LogP contribution in [0.5, 0.6) is 0 Å². The number of hydrazine groups is 2. The van der Waals surface area contributed by atoms with Crippen LogP contribution in [0.2, 0.25) is 0 Å². The second-order valence-corrected chi connectivity index (χ2v) is 2.80. The number of amidine groups is 1. The van der Waals surface area contributed by atoms with Crippen LogP contribution in [0.1, 0.15) is 12.5 Å². The third-order valence-electron chi connectivity index (χ3n) is 1.91. The van der Waals surface area contributed by atoms with Gasteiger partial charge in [0.1, 0.15) is 0 Å². The first-order valence-electron chi connectivity index (χ1n) is 4.16. The van der Waals surface area contributed by atoms with Crippen molar-refractivity contribution in [2.45, 2.75) is 13.5 Å². The fourth-order valence-electron chi connectivity index (χ4n) is 1.19. The number of nitrogens with one attached hydrogen (secondary N) is 2. The lowest BCUT2D eigenvalue weighted by Gasteiger charge is -2.09. The van der Waals surface area contributed by atoms with Crippen LogP contribution in [0.25, 0.3) is 0 Å². The second kappa shape index (κ2) is 3.06. The number of hydrazone groups is 1. The monoisotopic (exact) mass is 180 g/mol. The van der Waals surface area contributed by atoms with Crippen molar-refractivity contribution in [3.05, 3.63) is 18.0 Å². The van der Waals surface area contributed by atoms with Crippen molar-refractivity contribution < 1.29 is 0 Å². The first kappa shape index (κ1) is 8.06. The third kappa shape index (κ3) is 1.35. The largest absolute Gasteiger partial charge is 0.274 e. The minimum Gasteiger partial charge on any atom is -0.274 e. The molecule has 0 radical (unpaired) electrons. The first-order chi connectivity index (χ1) is 6.31. The summed E-state index contributed by atoms with van der Waals surface area (Å²) in [5.41, 5.74) is 6.51. The Morgan fingerprint density at radius 2 is 2.38 bits per heavy atom. The molecule has 0 unspecified atom stereocenters. The Labute approximate surface area is 76.2 Å². The molecule has 1 aromatic rings. The maximum atomic E-state index is 4.17. The molecule has 1 aliphatic heterocycles. The molecule has 1 aliphatic rings. The van der Waals surface area contributed by atoms with Gasteiger partial charge in [-0.05, 0) is 6.92 Å². The van der Waals surface area contributed by atoms with Gasteiger partial charge in [-0.1, -0.05) is 0 Å². The zero-order valence-corrected chi connectivity index (χ0v) is 7.65. The summed E-state index contributed by atoms with van der Waals surface area (Å²) >= 11 is 0. The SMILES string of the molecule is CCn1cc(C2=NNNN2C)cn1. The van der Waals surface area contributed by atoms with Crippen LogP contribution in [0.15, 0.2) is 17.5 Å². The average Bonchev–Trinajstić information content (AvgIpc) is 2.71. The molecule has 0 amide bonds. The fraction of sp³-hybridized carbons (Fsp3) is 0.429. The van der Waals surface area contributed by atoms with E-state index in [4.69, 9.17) is 0 Å². The van der Waals surface area contributed by atoms with Gasteiger partial charge in [-0.3, -0.25) is 9.69 Å². The summed E-state index contributed by atoms with van der Waals surface area (Å²) in [5.74, 6) is 0.847. The molecule has 13 heavy (non-hydrogen) atoms. The predicted molar refractivity (Wildman–Crippen MR) is 48.5 cm³/mol. The predicted octanol–water partition coefficient (Wildman–Crippen LogP) is -0.481. The van der Waals surface area contributed by atoms with Gasteiger partial charge in [-0.25, -0.2) is 5.53 Å².